The Labute approximate surface area is 237 Å². The monoisotopic (exact) mass is 547 g/mol. The van der Waals surface area contributed by atoms with Crippen molar-refractivity contribution < 1.29 is 23.5 Å². The molecule has 1 heterocycles. The summed E-state index contributed by atoms with van der Waals surface area (Å²) in [5.41, 5.74) is 3.93. The van der Waals surface area contributed by atoms with Crippen LogP contribution in [-0.2, 0) is 29.0 Å². The number of hydrogen-bond acceptors (Lipinski definition) is 6. The fraction of sp³-hybridized carbons (Fsp3) is 0.147. The van der Waals surface area contributed by atoms with Gasteiger partial charge in [-0.3, -0.25) is 0 Å². The zero-order chi connectivity index (χ0) is 28.6. The van der Waals surface area contributed by atoms with Crippen molar-refractivity contribution >= 4 is 23.0 Å². The average molecular weight is 548 g/mol. The Morgan fingerprint density at radius 1 is 0.805 bits per heavy atom. The molecule has 5 rings (SSSR count). The summed E-state index contributed by atoms with van der Waals surface area (Å²) >= 11 is 0. The van der Waals surface area contributed by atoms with Gasteiger partial charge < -0.3 is 19.2 Å². The van der Waals surface area contributed by atoms with E-state index in [4.69, 9.17) is 13.9 Å². The van der Waals surface area contributed by atoms with Crippen LogP contribution in [0.3, 0.4) is 0 Å². The fourth-order valence-corrected chi connectivity index (χ4v) is 4.58. The summed E-state index contributed by atoms with van der Waals surface area (Å²) in [5.74, 6) is -0.483. The number of alkyl carbamates (subject to hydrolysis) is 1. The van der Waals surface area contributed by atoms with Gasteiger partial charge in [0, 0.05) is 29.9 Å². The Kier molecular flexibility index (Phi) is 8.55. The van der Waals surface area contributed by atoms with Crippen LogP contribution in [0.4, 0.5) is 4.79 Å². The average Bonchev–Trinajstić information content (AvgIpc) is 2.99. The molecule has 1 amide bonds. The second-order valence-corrected chi connectivity index (χ2v) is 9.68. The maximum Gasteiger partial charge on any atom is 0.408 e. The first-order valence-electron chi connectivity index (χ1n) is 13.3. The molecule has 1 unspecified atom stereocenters. The number of esters is 1. The lowest BCUT2D eigenvalue weighted by Crippen LogP contribution is -2.44. The van der Waals surface area contributed by atoms with Crippen molar-refractivity contribution in [2.45, 2.75) is 32.4 Å². The Balaban J connectivity index is 1.33. The van der Waals surface area contributed by atoms with Crippen LogP contribution in [0.5, 0.6) is 5.75 Å². The fourth-order valence-electron chi connectivity index (χ4n) is 4.58. The van der Waals surface area contributed by atoms with E-state index in [0.29, 0.717) is 17.6 Å². The van der Waals surface area contributed by atoms with Crippen molar-refractivity contribution in [3.05, 3.63) is 147 Å². The minimum atomic E-state index is -1.02. The van der Waals surface area contributed by atoms with Crippen LogP contribution in [-0.4, -0.2) is 18.1 Å². The van der Waals surface area contributed by atoms with Gasteiger partial charge in [0.1, 0.15) is 24.0 Å². The number of carbonyl (C=O) groups is 2. The highest BCUT2D eigenvalue weighted by molar-refractivity contribution is 5.86. The summed E-state index contributed by atoms with van der Waals surface area (Å²) in [6.45, 7) is 1.94. The highest BCUT2D eigenvalue weighted by atomic mass is 16.6. The first kappa shape index (κ1) is 27.4. The molecule has 0 spiro atoms. The van der Waals surface area contributed by atoms with E-state index in [1.165, 1.54) is 6.07 Å². The van der Waals surface area contributed by atoms with Crippen LogP contribution in [0.25, 0.3) is 11.0 Å². The normalized spacial score (nSPS) is 11.5. The van der Waals surface area contributed by atoms with Crippen LogP contribution >= 0.6 is 0 Å². The van der Waals surface area contributed by atoms with Gasteiger partial charge in [-0.15, -0.1) is 0 Å². The number of fused-ring (bicyclic) bond motifs is 1. The molecule has 0 radical (unpaired) electrons. The molecule has 0 aliphatic heterocycles. The molecule has 1 N–H and O–H groups in total. The van der Waals surface area contributed by atoms with E-state index in [-0.39, 0.29) is 18.8 Å². The summed E-state index contributed by atoms with van der Waals surface area (Å²) in [7, 11) is 0. The first-order chi connectivity index (χ1) is 20.0. The highest BCUT2D eigenvalue weighted by Crippen LogP contribution is 2.25. The molecular formula is C34H29NO6. The van der Waals surface area contributed by atoms with Gasteiger partial charge in [-0.2, -0.15) is 0 Å². The molecule has 41 heavy (non-hydrogen) atoms. The number of aryl methyl sites for hydroxylation is 1. The lowest BCUT2D eigenvalue weighted by atomic mass is 10.00. The minimum Gasteiger partial charge on any atom is -0.445 e. The summed E-state index contributed by atoms with van der Waals surface area (Å²) in [5, 5.41) is 3.38. The quantitative estimate of drug-likeness (QED) is 0.135. The maximum atomic E-state index is 13.3. The Bertz CT molecular complexity index is 1700. The Hall–Kier alpha value is -5.17. The SMILES string of the molecule is Cc1c(Cc2ccccc2)c(=O)oc2cc(OC(=O)C(Cc3ccccc3)NC(=O)OCc3ccccc3)ccc12. The van der Waals surface area contributed by atoms with Crippen molar-refractivity contribution in [1.29, 1.82) is 0 Å². The lowest BCUT2D eigenvalue weighted by molar-refractivity contribution is -0.136. The summed E-state index contributed by atoms with van der Waals surface area (Å²) in [6.07, 6.45) is -0.0857. The molecule has 206 valence electrons. The van der Waals surface area contributed by atoms with Crippen LogP contribution in [0.15, 0.2) is 118 Å². The Morgan fingerprint density at radius 3 is 2.07 bits per heavy atom. The molecule has 1 aromatic heterocycles. The van der Waals surface area contributed by atoms with Crippen LogP contribution in [0.1, 0.15) is 27.8 Å². The second-order valence-electron chi connectivity index (χ2n) is 9.68. The van der Waals surface area contributed by atoms with Crippen molar-refractivity contribution in [2.24, 2.45) is 0 Å². The third-order valence-electron chi connectivity index (χ3n) is 6.77. The number of hydrogen-bond donors (Lipinski definition) is 1. The molecule has 5 aromatic rings. The van der Waals surface area contributed by atoms with Gasteiger partial charge in [0.15, 0.2) is 0 Å². The Morgan fingerprint density at radius 2 is 1.41 bits per heavy atom. The third-order valence-corrected chi connectivity index (χ3v) is 6.77. The van der Waals surface area contributed by atoms with E-state index in [1.54, 1.807) is 12.1 Å². The smallest absolute Gasteiger partial charge is 0.408 e. The molecule has 0 saturated heterocycles. The second kappa shape index (κ2) is 12.8. The molecule has 0 aliphatic carbocycles. The standard InChI is InChI=1S/C34H29NO6/c1-23-28-18-17-27(21-31(28)41-32(36)29(23)19-24-11-5-2-6-12-24)40-33(37)30(20-25-13-7-3-8-14-25)35-34(38)39-22-26-15-9-4-10-16-26/h2-18,21,30H,19-20,22H2,1H3,(H,35,38). The first-order valence-corrected chi connectivity index (χ1v) is 13.3. The van der Waals surface area contributed by atoms with Gasteiger partial charge in [-0.25, -0.2) is 14.4 Å². The highest BCUT2D eigenvalue weighted by Gasteiger charge is 2.25. The van der Waals surface area contributed by atoms with E-state index >= 15 is 0 Å². The molecule has 4 aromatic carbocycles. The largest absolute Gasteiger partial charge is 0.445 e. The zero-order valence-electron chi connectivity index (χ0n) is 22.5. The van der Waals surface area contributed by atoms with Crippen LogP contribution < -0.4 is 15.7 Å². The summed E-state index contributed by atoms with van der Waals surface area (Å²) < 4.78 is 16.6. The van der Waals surface area contributed by atoms with Gasteiger partial charge >= 0.3 is 17.7 Å². The number of nitrogens with one attached hydrogen (secondary N) is 1. The third kappa shape index (κ3) is 7.08. The molecule has 7 heteroatoms. The van der Waals surface area contributed by atoms with E-state index in [0.717, 1.165) is 27.6 Å². The minimum absolute atomic E-state index is 0.0646. The molecular weight excluding hydrogens is 518 g/mol. The van der Waals surface area contributed by atoms with Crippen molar-refractivity contribution in [2.75, 3.05) is 0 Å². The van der Waals surface area contributed by atoms with Gasteiger partial charge in [0.25, 0.3) is 0 Å². The predicted octanol–water partition coefficient (Wildman–Crippen LogP) is 6.14. The molecule has 7 nitrogen and oxygen atoms in total. The lowest BCUT2D eigenvalue weighted by Gasteiger charge is -2.18. The van der Waals surface area contributed by atoms with E-state index in [2.05, 4.69) is 5.32 Å². The molecule has 1 atom stereocenters. The summed E-state index contributed by atoms with van der Waals surface area (Å²) in [6, 6.07) is 32.2. The van der Waals surface area contributed by atoms with E-state index in [1.807, 2.05) is 97.9 Å². The summed E-state index contributed by atoms with van der Waals surface area (Å²) in [4.78, 5) is 38.7. The van der Waals surface area contributed by atoms with Crippen LogP contribution in [0, 0.1) is 6.92 Å². The van der Waals surface area contributed by atoms with Gasteiger partial charge in [-0.1, -0.05) is 91.0 Å². The van der Waals surface area contributed by atoms with Gasteiger partial charge in [0.2, 0.25) is 0 Å². The number of benzene rings is 4. The number of amides is 1. The number of rotatable bonds is 9. The molecule has 0 saturated carbocycles. The zero-order valence-corrected chi connectivity index (χ0v) is 22.5. The number of carbonyl (C=O) groups excluding carboxylic acids is 2. The van der Waals surface area contributed by atoms with Crippen molar-refractivity contribution in [3.8, 4) is 5.75 Å². The van der Waals surface area contributed by atoms with E-state index < -0.39 is 23.7 Å². The van der Waals surface area contributed by atoms with E-state index in [9.17, 15) is 14.4 Å². The maximum absolute atomic E-state index is 13.3. The van der Waals surface area contributed by atoms with Crippen LogP contribution in [0.2, 0.25) is 0 Å². The van der Waals surface area contributed by atoms with Crippen molar-refractivity contribution in [1.82, 2.24) is 5.32 Å². The van der Waals surface area contributed by atoms with Crippen molar-refractivity contribution in [3.63, 3.8) is 0 Å². The van der Waals surface area contributed by atoms with Gasteiger partial charge in [0.05, 0.1) is 0 Å². The number of ether oxygens (including phenoxy) is 2. The molecule has 0 fully saturated rings. The topological polar surface area (TPSA) is 94.8 Å². The molecule has 0 aliphatic rings. The predicted molar refractivity (Wildman–Crippen MR) is 156 cm³/mol. The molecule has 0 bridgehead atoms. The van der Waals surface area contributed by atoms with Gasteiger partial charge in [-0.05, 0) is 41.3 Å².